The van der Waals surface area contributed by atoms with Crippen molar-refractivity contribution in [2.24, 2.45) is 13.0 Å². The highest BCUT2D eigenvalue weighted by Gasteiger charge is 2.52. The van der Waals surface area contributed by atoms with Crippen molar-refractivity contribution in [1.29, 1.82) is 0 Å². The van der Waals surface area contributed by atoms with Gasteiger partial charge in [0.05, 0.1) is 30.7 Å². The minimum Gasteiger partial charge on any atom is -0.444 e. The Bertz CT molecular complexity index is 1430. The van der Waals surface area contributed by atoms with E-state index in [1.54, 1.807) is 16.5 Å². The first kappa shape index (κ1) is 27.8. The standard InChI is InChI=1S/C29H40N6O6/c1-28(2,3)41-27(39)34-17-29(18-34)14-19(16-40-29)15-32-9-11-33(12-10-32)20-5-6-21-23(13-20)31(4)26(38)35(21)22-7-8-24(36)30-25(22)37/h5-6,13,19,22H,7-12,14-18H2,1-4H3,(H,30,36,37). The fourth-order valence-corrected chi connectivity index (χ4v) is 6.71. The molecule has 4 aliphatic heterocycles. The smallest absolute Gasteiger partial charge is 0.410 e. The number of benzene rings is 1. The van der Waals surface area contributed by atoms with Crippen molar-refractivity contribution in [3.05, 3.63) is 28.7 Å². The predicted octanol–water partition coefficient (Wildman–Crippen LogP) is 1.47. The Kier molecular flexibility index (Phi) is 6.88. The molecule has 4 fully saturated rings. The van der Waals surface area contributed by atoms with E-state index in [2.05, 4.69) is 15.1 Å². The Labute approximate surface area is 239 Å². The summed E-state index contributed by atoms with van der Waals surface area (Å²) in [6, 6.07) is 5.27. The number of hydrogen-bond acceptors (Lipinski definition) is 8. The number of imidazole rings is 1. The maximum Gasteiger partial charge on any atom is 0.410 e. The van der Waals surface area contributed by atoms with Gasteiger partial charge in [0.1, 0.15) is 17.2 Å². The lowest BCUT2D eigenvalue weighted by atomic mass is 9.87. The molecule has 1 aromatic heterocycles. The van der Waals surface area contributed by atoms with Gasteiger partial charge in [0.25, 0.3) is 0 Å². The molecule has 4 aliphatic rings. The number of anilines is 1. The molecule has 41 heavy (non-hydrogen) atoms. The molecule has 1 N–H and O–H groups in total. The van der Waals surface area contributed by atoms with Crippen molar-refractivity contribution in [3.8, 4) is 0 Å². The Hall–Kier alpha value is -3.38. The summed E-state index contributed by atoms with van der Waals surface area (Å²) in [5.41, 5.74) is 1.55. The predicted molar refractivity (Wildman–Crippen MR) is 152 cm³/mol. The summed E-state index contributed by atoms with van der Waals surface area (Å²) in [5, 5.41) is 2.36. The molecular formula is C29H40N6O6. The second-order valence-corrected chi connectivity index (χ2v) is 13.0. The van der Waals surface area contributed by atoms with Crippen LogP contribution >= 0.6 is 0 Å². The number of imide groups is 1. The molecule has 0 saturated carbocycles. The summed E-state index contributed by atoms with van der Waals surface area (Å²) in [5.74, 6) is -0.277. The fraction of sp³-hybridized carbons (Fsp3) is 0.655. The molecule has 12 heteroatoms. The topological polar surface area (TPSA) is 118 Å². The molecule has 2 aromatic rings. The third-order valence-corrected chi connectivity index (χ3v) is 8.74. The number of rotatable bonds is 4. The molecule has 2 unspecified atom stereocenters. The van der Waals surface area contributed by atoms with Gasteiger partial charge in [0.2, 0.25) is 11.8 Å². The van der Waals surface area contributed by atoms with E-state index in [0.29, 0.717) is 30.9 Å². The van der Waals surface area contributed by atoms with Crippen molar-refractivity contribution in [2.75, 3.05) is 57.3 Å². The molecule has 5 heterocycles. The van der Waals surface area contributed by atoms with E-state index in [9.17, 15) is 19.2 Å². The third-order valence-electron chi connectivity index (χ3n) is 8.74. The number of piperidine rings is 1. The molecule has 1 spiro atoms. The van der Waals surface area contributed by atoms with Crippen LogP contribution in [0.3, 0.4) is 0 Å². The van der Waals surface area contributed by atoms with Crippen LogP contribution < -0.4 is 15.9 Å². The zero-order chi connectivity index (χ0) is 29.1. The van der Waals surface area contributed by atoms with Crippen molar-refractivity contribution in [3.63, 3.8) is 0 Å². The molecule has 1 aromatic carbocycles. The average molecular weight is 569 g/mol. The van der Waals surface area contributed by atoms with Crippen LogP contribution in [-0.4, -0.2) is 100 Å². The maximum absolute atomic E-state index is 13.1. The number of fused-ring (bicyclic) bond motifs is 1. The van der Waals surface area contributed by atoms with E-state index in [1.807, 2.05) is 39.0 Å². The first-order valence-electron chi connectivity index (χ1n) is 14.6. The van der Waals surface area contributed by atoms with Gasteiger partial charge in [0.15, 0.2) is 0 Å². The van der Waals surface area contributed by atoms with Crippen LogP contribution in [-0.2, 0) is 26.1 Å². The lowest BCUT2D eigenvalue weighted by Gasteiger charge is -2.47. The third kappa shape index (κ3) is 5.34. The first-order chi connectivity index (χ1) is 19.4. The van der Waals surface area contributed by atoms with Gasteiger partial charge in [0, 0.05) is 51.9 Å². The van der Waals surface area contributed by atoms with Gasteiger partial charge in [-0.2, -0.15) is 0 Å². The van der Waals surface area contributed by atoms with Gasteiger partial charge >= 0.3 is 11.8 Å². The minimum absolute atomic E-state index is 0.222. The summed E-state index contributed by atoms with van der Waals surface area (Å²) in [7, 11) is 1.72. The van der Waals surface area contributed by atoms with Crippen molar-refractivity contribution < 1.29 is 23.9 Å². The largest absolute Gasteiger partial charge is 0.444 e. The fourth-order valence-electron chi connectivity index (χ4n) is 6.71. The van der Waals surface area contributed by atoms with Crippen LogP contribution in [0.25, 0.3) is 11.0 Å². The van der Waals surface area contributed by atoms with Crippen molar-refractivity contribution >= 4 is 34.6 Å². The number of likely N-dealkylation sites (tertiary alicyclic amines) is 1. The van der Waals surface area contributed by atoms with E-state index in [0.717, 1.165) is 57.0 Å². The number of hydrogen-bond donors (Lipinski definition) is 1. The highest BCUT2D eigenvalue weighted by atomic mass is 16.6. The van der Waals surface area contributed by atoms with Crippen LogP contribution in [0.5, 0.6) is 0 Å². The lowest BCUT2D eigenvalue weighted by molar-refractivity contribution is -0.135. The minimum atomic E-state index is -0.683. The van der Waals surface area contributed by atoms with E-state index < -0.39 is 17.6 Å². The van der Waals surface area contributed by atoms with E-state index in [4.69, 9.17) is 9.47 Å². The van der Waals surface area contributed by atoms with Crippen LogP contribution in [0.15, 0.2) is 23.0 Å². The van der Waals surface area contributed by atoms with Crippen molar-refractivity contribution in [2.45, 2.75) is 57.3 Å². The van der Waals surface area contributed by atoms with Gasteiger partial charge in [-0.15, -0.1) is 0 Å². The number of amides is 3. The molecular weight excluding hydrogens is 528 g/mol. The lowest BCUT2D eigenvalue weighted by Crippen LogP contribution is -2.63. The molecule has 4 saturated heterocycles. The number of carbonyl (C=O) groups excluding carboxylic acids is 3. The summed E-state index contributed by atoms with van der Waals surface area (Å²) in [6.45, 7) is 12.1. The molecule has 0 aliphatic carbocycles. The Morgan fingerprint density at radius 2 is 1.83 bits per heavy atom. The highest BCUT2D eigenvalue weighted by Crippen LogP contribution is 2.39. The molecule has 222 valence electrons. The Morgan fingerprint density at radius 1 is 1.10 bits per heavy atom. The van der Waals surface area contributed by atoms with Crippen molar-refractivity contribution in [1.82, 2.24) is 24.3 Å². The number of piperazine rings is 1. The van der Waals surface area contributed by atoms with E-state index in [1.165, 1.54) is 4.57 Å². The normalized spacial score (nSPS) is 25.1. The number of aryl methyl sites for hydroxylation is 1. The van der Waals surface area contributed by atoms with Gasteiger partial charge in [-0.3, -0.25) is 28.9 Å². The second kappa shape index (κ2) is 10.2. The van der Waals surface area contributed by atoms with Crippen LogP contribution in [0.1, 0.15) is 46.1 Å². The molecule has 0 bridgehead atoms. The molecule has 3 amide bonds. The quantitative estimate of drug-likeness (QED) is 0.551. The zero-order valence-electron chi connectivity index (χ0n) is 24.4. The van der Waals surface area contributed by atoms with Crippen LogP contribution in [0.4, 0.5) is 10.5 Å². The summed E-state index contributed by atoms with van der Waals surface area (Å²) in [4.78, 5) is 56.1. The summed E-state index contributed by atoms with van der Waals surface area (Å²) >= 11 is 0. The van der Waals surface area contributed by atoms with Gasteiger partial charge in [-0.05, 0) is 57.7 Å². The number of carbonyl (C=O) groups is 3. The number of nitrogens with zero attached hydrogens (tertiary/aromatic N) is 5. The molecule has 2 atom stereocenters. The summed E-state index contributed by atoms with van der Waals surface area (Å²) < 4.78 is 14.8. The summed E-state index contributed by atoms with van der Waals surface area (Å²) in [6.07, 6.45) is 1.24. The number of nitrogens with one attached hydrogen (secondary N) is 1. The Morgan fingerprint density at radius 3 is 2.51 bits per heavy atom. The SMILES string of the molecule is Cn1c(=O)n(C2CCC(=O)NC2=O)c2ccc(N3CCN(CC4COC5(C4)CN(C(=O)OC(C)(C)C)C5)CC3)cc21. The van der Waals surface area contributed by atoms with E-state index >= 15 is 0 Å². The van der Waals surface area contributed by atoms with Crippen LogP contribution in [0.2, 0.25) is 0 Å². The van der Waals surface area contributed by atoms with Gasteiger partial charge in [-0.25, -0.2) is 9.59 Å². The van der Waals surface area contributed by atoms with Gasteiger partial charge in [-0.1, -0.05) is 0 Å². The number of ether oxygens (including phenoxy) is 2. The monoisotopic (exact) mass is 568 g/mol. The second-order valence-electron chi connectivity index (χ2n) is 13.0. The molecule has 0 radical (unpaired) electrons. The zero-order valence-corrected chi connectivity index (χ0v) is 24.4. The van der Waals surface area contributed by atoms with E-state index in [-0.39, 0.29) is 29.7 Å². The van der Waals surface area contributed by atoms with Crippen LogP contribution in [0, 0.1) is 5.92 Å². The maximum atomic E-state index is 13.1. The average Bonchev–Trinajstić information content (AvgIpc) is 3.42. The molecule has 12 nitrogen and oxygen atoms in total. The Balaban J connectivity index is 1.04. The highest BCUT2D eigenvalue weighted by molar-refractivity contribution is 6.00. The first-order valence-corrected chi connectivity index (χ1v) is 14.6. The molecule has 6 rings (SSSR count). The van der Waals surface area contributed by atoms with Gasteiger partial charge < -0.3 is 19.3 Å². The number of aromatic nitrogens is 2.